The van der Waals surface area contributed by atoms with Crippen molar-refractivity contribution in [2.24, 2.45) is 5.73 Å². The molecular formula is C25H22Cl2N4O4. The summed E-state index contributed by atoms with van der Waals surface area (Å²) in [6.07, 6.45) is -0.0386. The number of aliphatic hydroxyl groups is 1. The SMILES string of the molecule is N=C/C(CNc1ccccc1C(O)c1ccc(Cl)c(Cl)c1)=C(\N)C(=O)Nc1ccc(C(=O)O)cc1. The summed E-state index contributed by atoms with van der Waals surface area (Å²) in [4.78, 5) is 23.5. The van der Waals surface area contributed by atoms with Crippen molar-refractivity contribution in [3.63, 3.8) is 0 Å². The molecule has 0 bridgehead atoms. The normalized spacial score (nSPS) is 12.3. The number of nitrogens with one attached hydrogen (secondary N) is 3. The van der Waals surface area contributed by atoms with E-state index in [2.05, 4.69) is 10.6 Å². The number of carbonyl (C=O) groups is 2. The first-order chi connectivity index (χ1) is 16.7. The number of nitrogens with two attached hydrogens (primary N) is 1. The molecule has 3 rings (SSSR count). The minimum Gasteiger partial charge on any atom is -0.478 e. The van der Waals surface area contributed by atoms with Crippen LogP contribution in [0.15, 0.2) is 78.0 Å². The van der Waals surface area contributed by atoms with E-state index in [1.165, 1.54) is 24.3 Å². The van der Waals surface area contributed by atoms with E-state index < -0.39 is 18.0 Å². The van der Waals surface area contributed by atoms with E-state index in [1.807, 2.05) is 0 Å². The summed E-state index contributed by atoms with van der Waals surface area (Å²) in [7, 11) is 0. The van der Waals surface area contributed by atoms with Gasteiger partial charge in [-0.25, -0.2) is 4.79 Å². The number of aromatic carboxylic acids is 1. The first-order valence-corrected chi connectivity index (χ1v) is 11.1. The maximum absolute atomic E-state index is 12.6. The van der Waals surface area contributed by atoms with Crippen LogP contribution in [-0.4, -0.2) is 34.8 Å². The van der Waals surface area contributed by atoms with Gasteiger partial charge in [0.15, 0.2) is 0 Å². The lowest BCUT2D eigenvalue weighted by Gasteiger charge is -2.18. The Bertz CT molecular complexity index is 1290. The van der Waals surface area contributed by atoms with Gasteiger partial charge in [-0.2, -0.15) is 0 Å². The number of hydrogen-bond acceptors (Lipinski definition) is 6. The van der Waals surface area contributed by atoms with Crippen molar-refractivity contribution in [1.82, 2.24) is 0 Å². The van der Waals surface area contributed by atoms with Crippen LogP contribution in [0.4, 0.5) is 11.4 Å². The van der Waals surface area contributed by atoms with Gasteiger partial charge in [-0.05, 0) is 48.0 Å². The highest BCUT2D eigenvalue weighted by Gasteiger charge is 2.17. The second-order valence-corrected chi connectivity index (χ2v) is 8.25. The molecule has 7 N–H and O–H groups in total. The van der Waals surface area contributed by atoms with Gasteiger partial charge in [0.2, 0.25) is 0 Å². The van der Waals surface area contributed by atoms with E-state index in [4.69, 9.17) is 39.5 Å². The number of benzene rings is 3. The fraction of sp³-hybridized carbons (Fsp3) is 0.0800. The number of amides is 1. The van der Waals surface area contributed by atoms with Gasteiger partial charge >= 0.3 is 5.97 Å². The van der Waals surface area contributed by atoms with Crippen LogP contribution in [0.3, 0.4) is 0 Å². The van der Waals surface area contributed by atoms with Crippen molar-refractivity contribution in [2.75, 3.05) is 17.2 Å². The maximum atomic E-state index is 12.6. The van der Waals surface area contributed by atoms with E-state index in [0.717, 1.165) is 6.21 Å². The van der Waals surface area contributed by atoms with E-state index in [-0.39, 0.29) is 23.4 Å². The van der Waals surface area contributed by atoms with Crippen LogP contribution in [0.5, 0.6) is 0 Å². The number of carboxylic acids is 1. The van der Waals surface area contributed by atoms with Gasteiger partial charge in [0.25, 0.3) is 5.91 Å². The molecule has 1 atom stereocenters. The van der Waals surface area contributed by atoms with Crippen molar-refractivity contribution < 1.29 is 19.8 Å². The number of para-hydroxylation sites is 1. The quantitative estimate of drug-likeness (QED) is 0.181. The third-order valence-corrected chi connectivity index (χ3v) is 5.88. The molecule has 0 aromatic heterocycles. The largest absolute Gasteiger partial charge is 0.478 e. The number of rotatable bonds is 9. The fourth-order valence-corrected chi connectivity index (χ4v) is 3.52. The number of hydrogen-bond donors (Lipinski definition) is 6. The smallest absolute Gasteiger partial charge is 0.335 e. The summed E-state index contributed by atoms with van der Waals surface area (Å²) in [6, 6.07) is 17.5. The molecule has 180 valence electrons. The van der Waals surface area contributed by atoms with Crippen LogP contribution in [0, 0.1) is 5.41 Å². The predicted molar refractivity (Wildman–Crippen MR) is 137 cm³/mol. The molecule has 10 heteroatoms. The molecule has 0 heterocycles. The molecule has 0 saturated carbocycles. The first kappa shape index (κ1) is 25.8. The predicted octanol–water partition coefficient (Wildman–Crippen LogP) is 4.69. The minimum atomic E-state index is -1.08. The van der Waals surface area contributed by atoms with E-state index in [0.29, 0.717) is 32.5 Å². The molecule has 1 unspecified atom stereocenters. The number of carboxylic acid groups (broad SMARTS) is 1. The van der Waals surface area contributed by atoms with Crippen molar-refractivity contribution in [3.05, 3.63) is 105 Å². The Morgan fingerprint density at radius 1 is 1.03 bits per heavy atom. The molecule has 0 saturated heterocycles. The molecule has 0 radical (unpaired) electrons. The van der Waals surface area contributed by atoms with Gasteiger partial charge in [-0.1, -0.05) is 47.5 Å². The highest BCUT2D eigenvalue weighted by atomic mass is 35.5. The maximum Gasteiger partial charge on any atom is 0.335 e. The Morgan fingerprint density at radius 2 is 1.71 bits per heavy atom. The summed E-state index contributed by atoms with van der Waals surface area (Å²) in [6.45, 7) is 0.0335. The molecule has 0 aliphatic carbocycles. The fourth-order valence-electron chi connectivity index (χ4n) is 3.21. The van der Waals surface area contributed by atoms with Crippen molar-refractivity contribution in [1.29, 1.82) is 5.41 Å². The standard InChI is InChI=1S/C25H22Cl2N4O4/c26-19-10-7-15(11-20(19)27)23(32)18-3-1-2-4-21(18)30-13-16(12-28)22(29)24(33)31-17-8-5-14(6-9-17)25(34)35/h1-12,23,28,30,32H,13,29H2,(H,31,33)(H,34,35)/b22-16+,28-12?. The molecule has 0 aliphatic rings. The monoisotopic (exact) mass is 512 g/mol. The van der Waals surface area contributed by atoms with E-state index in [9.17, 15) is 14.7 Å². The van der Waals surface area contributed by atoms with Gasteiger partial charge in [-0.3, -0.25) is 4.79 Å². The van der Waals surface area contributed by atoms with Crippen LogP contribution < -0.4 is 16.4 Å². The highest BCUT2D eigenvalue weighted by molar-refractivity contribution is 6.42. The van der Waals surface area contributed by atoms with Gasteiger partial charge in [0.05, 0.1) is 15.6 Å². The Hall–Kier alpha value is -3.85. The topological polar surface area (TPSA) is 149 Å². The Labute approximate surface area is 211 Å². The molecule has 3 aromatic carbocycles. The van der Waals surface area contributed by atoms with Crippen LogP contribution in [0.25, 0.3) is 0 Å². The number of aliphatic hydroxyl groups excluding tert-OH is 1. The average molecular weight is 513 g/mol. The Morgan fingerprint density at radius 3 is 2.34 bits per heavy atom. The number of halogens is 2. The van der Waals surface area contributed by atoms with Gasteiger partial charge in [0.1, 0.15) is 11.8 Å². The van der Waals surface area contributed by atoms with Gasteiger partial charge in [-0.15, -0.1) is 0 Å². The van der Waals surface area contributed by atoms with Crippen LogP contribution in [-0.2, 0) is 4.79 Å². The third-order valence-electron chi connectivity index (χ3n) is 5.14. The molecule has 3 aromatic rings. The average Bonchev–Trinajstić information content (AvgIpc) is 2.86. The highest BCUT2D eigenvalue weighted by Crippen LogP contribution is 2.32. The van der Waals surface area contributed by atoms with Crippen LogP contribution >= 0.6 is 23.2 Å². The first-order valence-electron chi connectivity index (χ1n) is 10.3. The molecule has 0 aliphatic heterocycles. The van der Waals surface area contributed by atoms with Crippen LogP contribution in [0.1, 0.15) is 27.6 Å². The van der Waals surface area contributed by atoms with E-state index in [1.54, 1.807) is 42.5 Å². The summed E-state index contributed by atoms with van der Waals surface area (Å²) in [5, 5.41) is 33.9. The van der Waals surface area contributed by atoms with Crippen molar-refractivity contribution in [2.45, 2.75) is 6.10 Å². The third kappa shape index (κ3) is 6.39. The minimum absolute atomic E-state index is 0.0335. The van der Waals surface area contributed by atoms with Gasteiger partial charge < -0.3 is 32.0 Å². The zero-order valence-electron chi connectivity index (χ0n) is 18.3. The molecular weight excluding hydrogens is 491 g/mol. The second kappa shape index (κ2) is 11.5. The van der Waals surface area contributed by atoms with Crippen LogP contribution in [0.2, 0.25) is 10.0 Å². The van der Waals surface area contributed by atoms with Gasteiger partial charge in [0, 0.05) is 35.3 Å². The summed E-state index contributed by atoms with van der Waals surface area (Å²) >= 11 is 12.1. The summed E-state index contributed by atoms with van der Waals surface area (Å²) in [5.41, 5.74) is 8.12. The number of anilines is 2. The zero-order chi connectivity index (χ0) is 25.5. The molecule has 35 heavy (non-hydrogen) atoms. The van der Waals surface area contributed by atoms with Crippen molar-refractivity contribution >= 4 is 52.7 Å². The molecule has 8 nitrogen and oxygen atoms in total. The Kier molecular flexibility index (Phi) is 8.48. The lowest BCUT2D eigenvalue weighted by Crippen LogP contribution is -2.25. The van der Waals surface area contributed by atoms with Crippen molar-refractivity contribution in [3.8, 4) is 0 Å². The summed E-state index contributed by atoms with van der Waals surface area (Å²) < 4.78 is 0. The second-order valence-electron chi connectivity index (χ2n) is 7.44. The zero-order valence-corrected chi connectivity index (χ0v) is 19.8. The Balaban J connectivity index is 1.75. The van der Waals surface area contributed by atoms with E-state index >= 15 is 0 Å². The number of carbonyl (C=O) groups excluding carboxylic acids is 1. The lowest BCUT2D eigenvalue weighted by atomic mass is 9.99. The molecule has 0 spiro atoms. The molecule has 1 amide bonds. The summed E-state index contributed by atoms with van der Waals surface area (Å²) in [5.74, 6) is -1.72. The molecule has 0 fully saturated rings. The lowest BCUT2D eigenvalue weighted by molar-refractivity contribution is -0.112.